The predicted molar refractivity (Wildman–Crippen MR) is 76.3 cm³/mol. The molecule has 1 heterocycles. The fraction of sp³-hybridized carbons (Fsp3) is 0.312. The summed E-state index contributed by atoms with van der Waals surface area (Å²) in [6.45, 7) is 6.06. The Morgan fingerprint density at radius 2 is 1.84 bits per heavy atom. The summed E-state index contributed by atoms with van der Waals surface area (Å²) < 4.78 is 7.56. The van der Waals surface area contributed by atoms with Crippen LogP contribution < -0.4 is 4.74 Å². The highest BCUT2D eigenvalue weighted by molar-refractivity contribution is 5.73. The molecule has 1 aromatic heterocycles. The molecule has 0 amide bonds. The summed E-state index contributed by atoms with van der Waals surface area (Å²) in [5.41, 5.74) is 6.02. The SMILES string of the molecule is COc1c(C)cc(C)cc1-c1cc(C#N)c(C)n1C. The van der Waals surface area contributed by atoms with Gasteiger partial charge in [0.2, 0.25) is 0 Å². The average Bonchev–Trinajstić information content (AvgIpc) is 2.65. The molecule has 3 heteroatoms. The van der Waals surface area contributed by atoms with Gasteiger partial charge in [-0.3, -0.25) is 0 Å². The molecule has 0 aliphatic rings. The fourth-order valence-electron chi connectivity index (χ4n) is 2.49. The van der Waals surface area contributed by atoms with Gasteiger partial charge in [-0.05, 0) is 44.0 Å². The van der Waals surface area contributed by atoms with Crippen molar-refractivity contribution in [2.45, 2.75) is 20.8 Å². The van der Waals surface area contributed by atoms with E-state index >= 15 is 0 Å². The largest absolute Gasteiger partial charge is 0.496 e. The molecule has 0 saturated heterocycles. The summed E-state index contributed by atoms with van der Waals surface area (Å²) in [6.07, 6.45) is 0. The molecule has 1 aromatic carbocycles. The lowest BCUT2D eigenvalue weighted by Gasteiger charge is -2.14. The normalized spacial score (nSPS) is 10.3. The highest BCUT2D eigenvalue weighted by atomic mass is 16.5. The molecule has 0 aliphatic heterocycles. The Morgan fingerprint density at radius 1 is 1.16 bits per heavy atom. The number of nitrogens with zero attached hydrogens (tertiary/aromatic N) is 2. The van der Waals surface area contributed by atoms with Crippen LogP contribution in [0.1, 0.15) is 22.4 Å². The van der Waals surface area contributed by atoms with Crippen molar-refractivity contribution in [3.63, 3.8) is 0 Å². The van der Waals surface area contributed by atoms with Gasteiger partial charge in [-0.15, -0.1) is 0 Å². The molecule has 0 spiro atoms. The van der Waals surface area contributed by atoms with Gasteiger partial charge >= 0.3 is 0 Å². The molecule has 0 fully saturated rings. The molecule has 2 aromatic rings. The predicted octanol–water partition coefficient (Wildman–Crippen LogP) is 3.50. The summed E-state index contributed by atoms with van der Waals surface area (Å²) in [6, 6.07) is 8.35. The minimum absolute atomic E-state index is 0.707. The van der Waals surface area contributed by atoms with Gasteiger partial charge in [0.25, 0.3) is 0 Å². The Kier molecular flexibility index (Phi) is 3.35. The lowest BCUT2D eigenvalue weighted by Crippen LogP contribution is -1.98. The number of aryl methyl sites for hydroxylation is 2. The molecule has 0 saturated carbocycles. The first-order chi connectivity index (χ1) is 8.99. The zero-order chi connectivity index (χ0) is 14.2. The van der Waals surface area contributed by atoms with E-state index in [4.69, 9.17) is 10.00 Å². The summed E-state index contributed by atoms with van der Waals surface area (Å²) >= 11 is 0. The summed E-state index contributed by atoms with van der Waals surface area (Å²) in [5.74, 6) is 0.871. The summed E-state index contributed by atoms with van der Waals surface area (Å²) in [5, 5.41) is 9.14. The maximum atomic E-state index is 9.14. The van der Waals surface area contributed by atoms with Crippen molar-refractivity contribution in [1.29, 1.82) is 5.26 Å². The lowest BCUT2D eigenvalue weighted by atomic mass is 10.0. The Labute approximate surface area is 114 Å². The quantitative estimate of drug-likeness (QED) is 0.822. The maximum absolute atomic E-state index is 9.14. The van der Waals surface area contributed by atoms with Crippen molar-refractivity contribution in [3.05, 3.63) is 40.6 Å². The number of methoxy groups -OCH3 is 1. The third kappa shape index (κ3) is 2.10. The van der Waals surface area contributed by atoms with Crippen LogP contribution in [0.25, 0.3) is 11.3 Å². The standard InChI is InChI=1S/C16H18N2O/c1-10-6-11(2)16(19-5)14(7-10)15-8-13(9-17)12(3)18(15)4/h6-8H,1-5H3. The minimum atomic E-state index is 0.707. The van der Waals surface area contributed by atoms with Gasteiger partial charge in [0.1, 0.15) is 11.8 Å². The molecule has 3 nitrogen and oxygen atoms in total. The molecule has 0 atom stereocenters. The highest BCUT2D eigenvalue weighted by Gasteiger charge is 2.16. The minimum Gasteiger partial charge on any atom is -0.496 e. The zero-order valence-electron chi connectivity index (χ0n) is 12.0. The van der Waals surface area contributed by atoms with Crippen molar-refractivity contribution in [2.24, 2.45) is 7.05 Å². The van der Waals surface area contributed by atoms with Crippen LogP contribution in [0, 0.1) is 32.1 Å². The molecular formula is C16H18N2O. The van der Waals surface area contributed by atoms with E-state index in [1.54, 1.807) is 7.11 Å². The van der Waals surface area contributed by atoms with E-state index in [9.17, 15) is 0 Å². The van der Waals surface area contributed by atoms with Crippen LogP contribution in [-0.4, -0.2) is 11.7 Å². The molecule has 0 radical (unpaired) electrons. The van der Waals surface area contributed by atoms with E-state index in [0.717, 1.165) is 28.3 Å². The Hall–Kier alpha value is -2.21. The van der Waals surface area contributed by atoms with Gasteiger partial charge < -0.3 is 9.30 Å². The smallest absolute Gasteiger partial charge is 0.131 e. The van der Waals surface area contributed by atoms with Crippen LogP contribution >= 0.6 is 0 Å². The second kappa shape index (κ2) is 4.81. The third-order valence-corrected chi connectivity index (χ3v) is 3.55. The summed E-state index contributed by atoms with van der Waals surface area (Å²) in [4.78, 5) is 0. The van der Waals surface area contributed by atoms with Crippen LogP contribution in [0.4, 0.5) is 0 Å². The van der Waals surface area contributed by atoms with E-state index in [1.165, 1.54) is 5.56 Å². The van der Waals surface area contributed by atoms with Gasteiger partial charge in [0.05, 0.1) is 18.4 Å². The lowest BCUT2D eigenvalue weighted by molar-refractivity contribution is 0.413. The number of hydrogen-bond acceptors (Lipinski definition) is 2. The van der Waals surface area contributed by atoms with Gasteiger partial charge in [-0.1, -0.05) is 6.07 Å². The Balaban J connectivity index is 2.76. The van der Waals surface area contributed by atoms with Gasteiger partial charge in [0, 0.05) is 18.3 Å². The zero-order valence-corrected chi connectivity index (χ0v) is 12.0. The topological polar surface area (TPSA) is 37.9 Å². The van der Waals surface area contributed by atoms with Crippen LogP contribution in [-0.2, 0) is 7.05 Å². The maximum Gasteiger partial charge on any atom is 0.131 e. The van der Waals surface area contributed by atoms with Crippen molar-refractivity contribution >= 4 is 0 Å². The number of rotatable bonds is 2. The third-order valence-electron chi connectivity index (χ3n) is 3.55. The molecule has 2 rings (SSSR count). The summed E-state index contributed by atoms with van der Waals surface area (Å²) in [7, 11) is 3.66. The van der Waals surface area contributed by atoms with E-state index in [1.807, 2.05) is 31.5 Å². The highest BCUT2D eigenvalue weighted by Crippen LogP contribution is 2.35. The monoisotopic (exact) mass is 254 g/mol. The van der Waals surface area contributed by atoms with Gasteiger partial charge in [-0.25, -0.2) is 0 Å². The van der Waals surface area contributed by atoms with Crippen molar-refractivity contribution < 1.29 is 4.74 Å². The van der Waals surface area contributed by atoms with Gasteiger partial charge in [-0.2, -0.15) is 5.26 Å². The number of ether oxygens (including phenoxy) is 1. The van der Waals surface area contributed by atoms with Crippen LogP contribution in [0.5, 0.6) is 5.75 Å². The number of nitriles is 1. The van der Waals surface area contributed by atoms with Gasteiger partial charge in [0.15, 0.2) is 0 Å². The molecule has 19 heavy (non-hydrogen) atoms. The van der Waals surface area contributed by atoms with E-state index in [2.05, 4.69) is 25.1 Å². The van der Waals surface area contributed by atoms with E-state index in [0.29, 0.717) is 5.56 Å². The Morgan fingerprint density at radius 3 is 2.37 bits per heavy atom. The Bertz CT molecular complexity index is 675. The fourth-order valence-corrected chi connectivity index (χ4v) is 2.49. The van der Waals surface area contributed by atoms with Crippen LogP contribution in [0.15, 0.2) is 18.2 Å². The second-order valence-electron chi connectivity index (χ2n) is 4.86. The van der Waals surface area contributed by atoms with E-state index in [-0.39, 0.29) is 0 Å². The molecule has 0 N–H and O–H groups in total. The van der Waals surface area contributed by atoms with E-state index < -0.39 is 0 Å². The first kappa shape index (κ1) is 13.2. The number of aromatic nitrogens is 1. The molecule has 0 unspecified atom stereocenters. The molecule has 0 aliphatic carbocycles. The second-order valence-corrected chi connectivity index (χ2v) is 4.86. The molecule has 0 bridgehead atoms. The first-order valence-corrected chi connectivity index (χ1v) is 6.21. The number of hydrogen-bond donors (Lipinski definition) is 0. The first-order valence-electron chi connectivity index (χ1n) is 6.21. The van der Waals surface area contributed by atoms with Crippen molar-refractivity contribution in [3.8, 4) is 23.1 Å². The van der Waals surface area contributed by atoms with Crippen LogP contribution in [0.2, 0.25) is 0 Å². The van der Waals surface area contributed by atoms with Crippen LogP contribution in [0.3, 0.4) is 0 Å². The molecule has 98 valence electrons. The number of benzene rings is 1. The van der Waals surface area contributed by atoms with Crippen molar-refractivity contribution in [2.75, 3.05) is 7.11 Å². The van der Waals surface area contributed by atoms with Crippen molar-refractivity contribution in [1.82, 2.24) is 4.57 Å². The molecular weight excluding hydrogens is 236 g/mol. The average molecular weight is 254 g/mol.